The third-order valence-corrected chi connectivity index (χ3v) is 5.91. The van der Waals surface area contributed by atoms with E-state index >= 15 is 0 Å². The van der Waals surface area contributed by atoms with E-state index in [0.717, 1.165) is 19.6 Å². The van der Waals surface area contributed by atoms with Gasteiger partial charge in [-0.1, -0.05) is 11.6 Å². The topological polar surface area (TPSA) is 66.6 Å². The van der Waals surface area contributed by atoms with E-state index in [1.807, 2.05) is 0 Å². The molecule has 7 heteroatoms. The molecule has 2 N–H and O–H groups in total. The van der Waals surface area contributed by atoms with Gasteiger partial charge in [0.1, 0.15) is 4.90 Å². The number of likely N-dealkylation sites (N-methyl/N-ethyl adjacent to an activating group) is 1. The van der Waals surface area contributed by atoms with Crippen LogP contribution in [-0.2, 0) is 10.0 Å². The molecule has 2 rings (SSSR count). The maximum atomic E-state index is 12.5. The average molecular weight is 318 g/mol. The van der Waals surface area contributed by atoms with Crippen LogP contribution in [0.5, 0.6) is 0 Å². The van der Waals surface area contributed by atoms with Crippen molar-refractivity contribution in [1.29, 1.82) is 0 Å². The number of halogens is 1. The number of rotatable bonds is 5. The Hall–Kier alpha value is -0.820. The molecular formula is C13H20ClN3O2S. The Balaban J connectivity index is 2.08. The number of anilines is 1. The van der Waals surface area contributed by atoms with E-state index in [0.29, 0.717) is 12.2 Å². The van der Waals surface area contributed by atoms with Crippen LogP contribution in [0, 0.1) is 0 Å². The lowest BCUT2D eigenvalue weighted by Gasteiger charge is -2.21. The standard InChI is InChI=1S/C13H20ClN3O2S/c1-16(8-9-17-6-2-3-7-17)20(18,19)13-5-4-11(15)10-12(13)14/h4-5,10H,2-3,6-9,15H2,1H3. The summed E-state index contributed by atoms with van der Waals surface area (Å²) in [5.74, 6) is 0. The second kappa shape index (κ2) is 6.30. The molecule has 0 unspecified atom stereocenters. The van der Waals surface area contributed by atoms with Crippen LogP contribution in [-0.4, -0.2) is 50.8 Å². The molecule has 1 aromatic carbocycles. The van der Waals surface area contributed by atoms with Gasteiger partial charge in [-0.3, -0.25) is 0 Å². The molecular weight excluding hydrogens is 298 g/mol. The number of hydrogen-bond acceptors (Lipinski definition) is 4. The Morgan fingerprint density at radius 2 is 2.00 bits per heavy atom. The van der Waals surface area contributed by atoms with Crippen LogP contribution in [0.25, 0.3) is 0 Å². The van der Waals surface area contributed by atoms with Crippen molar-refractivity contribution in [2.45, 2.75) is 17.7 Å². The maximum absolute atomic E-state index is 12.5. The predicted molar refractivity (Wildman–Crippen MR) is 81.4 cm³/mol. The van der Waals surface area contributed by atoms with Gasteiger partial charge in [-0.25, -0.2) is 8.42 Å². The fourth-order valence-electron chi connectivity index (χ4n) is 2.30. The monoisotopic (exact) mass is 317 g/mol. The van der Waals surface area contributed by atoms with Gasteiger partial charge in [-0.15, -0.1) is 0 Å². The fraction of sp³-hybridized carbons (Fsp3) is 0.538. The number of nitrogens with two attached hydrogens (primary N) is 1. The van der Waals surface area contributed by atoms with Gasteiger partial charge in [0.05, 0.1) is 5.02 Å². The first-order valence-electron chi connectivity index (χ1n) is 6.65. The predicted octanol–water partition coefficient (Wildman–Crippen LogP) is 1.64. The summed E-state index contributed by atoms with van der Waals surface area (Å²) in [4.78, 5) is 2.38. The number of benzene rings is 1. The van der Waals surface area contributed by atoms with Crippen LogP contribution in [0.1, 0.15) is 12.8 Å². The number of sulfonamides is 1. The van der Waals surface area contributed by atoms with Crippen LogP contribution < -0.4 is 5.73 Å². The zero-order valence-electron chi connectivity index (χ0n) is 11.5. The normalized spacial score (nSPS) is 16.9. The Kier molecular flexibility index (Phi) is 4.90. The first kappa shape index (κ1) is 15.6. The zero-order valence-corrected chi connectivity index (χ0v) is 13.1. The SMILES string of the molecule is CN(CCN1CCCC1)S(=O)(=O)c1ccc(N)cc1Cl. The van der Waals surface area contributed by atoms with Gasteiger partial charge in [0.25, 0.3) is 0 Å². The molecule has 1 aromatic rings. The molecule has 1 aliphatic rings. The van der Waals surface area contributed by atoms with E-state index in [1.165, 1.54) is 29.3 Å². The lowest BCUT2D eigenvalue weighted by molar-refractivity contribution is 0.310. The molecule has 0 radical (unpaired) electrons. The summed E-state index contributed by atoms with van der Waals surface area (Å²) in [6.07, 6.45) is 2.39. The number of nitrogen functional groups attached to an aromatic ring is 1. The highest BCUT2D eigenvalue weighted by Crippen LogP contribution is 2.26. The molecule has 1 aliphatic heterocycles. The molecule has 0 bridgehead atoms. The van der Waals surface area contributed by atoms with Crippen molar-refractivity contribution in [3.8, 4) is 0 Å². The van der Waals surface area contributed by atoms with Crippen LogP contribution >= 0.6 is 11.6 Å². The van der Waals surface area contributed by atoms with Crippen molar-refractivity contribution in [2.24, 2.45) is 0 Å². The minimum atomic E-state index is -3.56. The van der Waals surface area contributed by atoms with E-state index in [9.17, 15) is 8.42 Å². The van der Waals surface area contributed by atoms with Gasteiger partial charge in [0.15, 0.2) is 0 Å². The highest BCUT2D eigenvalue weighted by molar-refractivity contribution is 7.89. The molecule has 0 saturated carbocycles. The Bertz CT molecular complexity index is 571. The first-order chi connectivity index (χ1) is 9.41. The van der Waals surface area contributed by atoms with Crippen molar-refractivity contribution < 1.29 is 8.42 Å². The average Bonchev–Trinajstić information content (AvgIpc) is 2.88. The number of likely N-dealkylation sites (tertiary alicyclic amines) is 1. The van der Waals surface area contributed by atoms with Crippen molar-refractivity contribution in [2.75, 3.05) is 39.0 Å². The fourth-order valence-corrected chi connectivity index (χ4v) is 3.99. The largest absolute Gasteiger partial charge is 0.399 e. The molecule has 0 aliphatic carbocycles. The zero-order chi connectivity index (χ0) is 14.8. The molecule has 1 heterocycles. The highest BCUT2D eigenvalue weighted by Gasteiger charge is 2.24. The number of hydrogen-bond donors (Lipinski definition) is 1. The molecule has 1 fully saturated rings. The van der Waals surface area contributed by atoms with Crippen molar-refractivity contribution in [3.05, 3.63) is 23.2 Å². The molecule has 20 heavy (non-hydrogen) atoms. The first-order valence-corrected chi connectivity index (χ1v) is 8.47. The van der Waals surface area contributed by atoms with Crippen LogP contribution in [0.15, 0.2) is 23.1 Å². The van der Waals surface area contributed by atoms with Gasteiger partial charge in [0.2, 0.25) is 10.0 Å². The van der Waals surface area contributed by atoms with Crippen molar-refractivity contribution in [3.63, 3.8) is 0 Å². The molecule has 5 nitrogen and oxygen atoms in total. The van der Waals surface area contributed by atoms with Gasteiger partial charge >= 0.3 is 0 Å². The minimum Gasteiger partial charge on any atom is -0.399 e. The van der Waals surface area contributed by atoms with Crippen molar-refractivity contribution >= 4 is 27.3 Å². The minimum absolute atomic E-state index is 0.109. The molecule has 0 atom stereocenters. The molecule has 112 valence electrons. The third kappa shape index (κ3) is 3.44. The second-order valence-electron chi connectivity index (χ2n) is 5.07. The summed E-state index contributed by atoms with van der Waals surface area (Å²) in [6.45, 7) is 3.32. The summed E-state index contributed by atoms with van der Waals surface area (Å²) < 4.78 is 26.3. The quantitative estimate of drug-likeness (QED) is 0.838. The Labute approximate surface area is 125 Å². The Morgan fingerprint density at radius 1 is 1.35 bits per heavy atom. The van der Waals surface area contributed by atoms with Crippen LogP contribution in [0.2, 0.25) is 5.02 Å². The van der Waals surface area contributed by atoms with E-state index < -0.39 is 10.0 Å². The molecule has 0 amide bonds. The molecule has 1 saturated heterocycles. The summed E-state index contributed by atoms with van der Waals surface area (Å²) in [5, 5.41) is 0.165. The summed E-state index contributed by atoms with van der Waals surface area (Å²) in [7, 11) is -1.98. The number of nitrogens with zero attached hydrogens (tertiary/aromatic N) is 2. The summed E-state index contributed by atoms with van der Waals surface area (Å²) in [6, 6.07) is 4.47. The van der Waals surface area contributed by atoms with Gasteiger partial charge in [-0.05, 0) is 44.1 Å². The van der Waals surface area contributed by atoms with Gasteiger partial charge < -0.3 is 10.6 Å². The maximum Gasteiger partial charge on any atom is 0.244 e. The summed E-state index contributed by atoms with van der Waals surface area (Å²) in [5.41, 5.74) is 6.04. The third-order valence-electron chi connectivity index (χ3n) is 3.57. The molecule has 0 spiro atoms. The van der Waals surface area contributed by atoms with E-state index in [4.69, 9.17) is 17.3 Å². The second-order valence-corrected chi connectivity index (χ2v) is 7.49. The summed E-state index contributed by atoms with van der Waals surface area (Å²) >= 11 is 5.99. The lowest BCUT2D eigenvalue weighted by atomic mass is 10.3. The Morgan fingerprint density at radius 3 is 2.60 bits per heavy atom. The molecule has 0 aromatic heterocycles. The van der Waals surface area contributed by atoms with E-state index in [2.05, 4.69) is 4.90 Å². The lowest BCUT2D eigenvalue weighted by Crippen LogP contribution is -2.35. The van der Waals surface area contributed by atoms with Crippen LogP contribution in [0.3, 0.4) is 0 Å². The van der Waals surface area contributed by atoms with Crippen molar-refractivity contribution in [1.82, 2.24) is 9.21 Å². The smallest absolute Gasteiger partial charge is 0.244 e. The van der Waals surface area contributed by atoms with E-state index in [1.54, 1.807) is 13.1 Å². The highest BCUT2D eigenvalue weighted by atomic mass is 35.5. The van der Waals surface area contributed by atoms with Gasteiger partial charge in [-0.2, -0.15) is 4.31 Å². The van der Waals surface area contributed by atoms with Crippen LogP contribution in [0.4, 0.5) is 5.69 Å². The van der Waals surface area contributed by atoms with E-state index in [-0.39, 0.29) is 9.92 Å². The van der Waals surface area contributed by atoms with Gasteiger partial charge in [0, 0.05) is 25.8 Å².